The Morgan fingerprint density at radius 2 is 1.55 bits per heavy atom. The fourth-order valence-corrected chi connectivity index (χ4v) is 3.39. The maximum atomic E-state index is 13.2. The highest BCUT2D eigenvalue weighted by Gasteiger charge is 2.51. The van der Waals surface area contributed by atoms with Crippen molar-refractivity contribution < 1.29 is 37.2 Å². The lowest BCUT2D eigenvalue weighted by Crippen LogP contribution is -2.43. The number of rotatable bonds is 6. The normalized spacial score (nSPS) is 18.1. The van der Waals surface area contributed by atoms with Gasteiger partial charge in [0.05, 0.1) is 22.3 Å². The van der Waals surface area contributed by atoms with Crippen LogP contribution in [0.1, 0.15) is 49.2 Å². The van der Waals surface area contributed by atoms with Crippen LogP contribution in [0, 0.1) is 0 Å². The highest BCUT2D eigenvalue weighted by Crippen LogP contribution is 2.36. The van der Waals surface area contributed by atoms with Gasteiger partial charge in [0, 0.05) is 6.42 Å². The molecule has 33 heavy (non-hydrogen) atoms. The van der Waals surface area contributed by atoms with Gasteiger partial charge in [-0.25, -0.2) is 4.79 Å². The molecule has 176 valence electrons. The zero-order valence-corrected chi connectivity index (χ0v) is 18.7. The predicted molar refractivity (Wildman–Crippen MR) is 116 cm³/mol. The Balaban J connectivity index is 1.73. The molecule has 0 spiro atoms. The standard InChI is InChI=1S/C23H25BF3NO5/c1-21(2)22(3,4)33-24(32-21)15-11-9-14(10-12-15)13-18(20(30)31)28-19(29)16-7-5-6-8-17(16)23(25,26)27/h5-12,18H,13H2,1-4H3,(H,28,29)(H,30,31)/t18-/m0/s1. The average molecular weight is 463 g/mol. The van der Waals surface area contributed by atoms with Gasteiger partial charge in [-0.2, -0.15) is 13.2 Å². The molecule has 2 aromatic carbocycles. The van der Waals surface area contributed by atoms with Crippen LogP contribution in [0.2, 0.25) is 0 Å². The van der Waals surface area contributed by atoms with E-state index in [0.29, 0.717) is 5.56 Å². The Hall–Kier alpha value is -2.85. The SMILES string of the molecule is CC1(C)OB(c2ccc(C[C@H](NC(=O)c3ccccc3C(F)(F)F)C(=O)O)cc2)OC1(C)C. The van der Waals surface area contributed by atoms with E-state index >= 15 is 0 Å². The first-order valence-corrected chi connectivity index (χ1v) is 10.4. The van der Waals surface area contributed by atoms with Gasteiger partial charge in [0.2, 0.25) is 0 Å². The van der Waals surface area contributed by atoms with Gasteiger partial charge in [-0.15, -0.1) is 0 Å². The van der Waals surface area contributed by atoms with Gasteiger partial charge in [0.25, 0.3) is 5.91 Å². The lowest BCUT2D eigenvalue weighted by atomic mass is 9.78. The Labute approximate surface area is 190 Å². The summed E-state index contributed by atoms with van der Waals surface area (Å²) in [6, 6.07) is 9.63. The lowest BCUT2D eigenvalue weighted by Gasteiger charge is -2.32. The number of hydrogen-bond donors (Lipinski definition) is 2. The van der Waals surface area contributed by atoms with Gasteiger partial charge in [-0.1, -0.05) is 36.4 Å². The molecular formula is C23H25BF3NO5. The number of carboxylic acids is 1. The Bertz CT molecular complexity index is 1020. The molecule has 1 fully saturated rings. The number of carbonyl (C=O) groups excluding carboxylic acids is 1. The Morgan fingerprint density at radius 3 is 2.06 bits per heavy atom. The number of alkyl halides is 3. The maximum absolute atomic E-state index is 13.2. The number of aliphatic carboxylic acids is 1. The van der Waals surface area contributed by atoms with Crippen LogP contribution in [0.5, 0.6) is 0 Å². The van der Waals surface area contributed by atoms with E-state index in [1.807, 2.05) is 27.7 Å². The van der Waals surface area contributed by atoms with Crippen molar-refractivity contribution in [1.29, 1.82) is 0 Å². The zero-order valence-electron chi connectivity index (χ0n) is 18.7. The smallest absolute Gasteiger partial charge is 0.480 e. The molecule has 0 bridgehead atoms. The number of nitrogens with one attached hydrogen (secondary N) is 1. The third kappa shape index (κ3) is 5.39. The average Bonchev–Trinajstić information content (AvgIpc) is 2.94. The zero-order chi connectivity index (χ0) is 24.6. The fraction of sp³-hybridized carbons (Fsp3) is 0.391. The second-order valence-electron chi connectivity index (χ2n) is 8.94. The van der Waals surface area contributed by atoms with Crippen LogP contribution in [0.3, 0.4) is 0 Å². The third-order valence-corrected chi connectivity index (χ3v) is 6.03. The number of benzene rings is 2. The summed E-state index contributed by atoms with van der Waals surface area (Å²) in [6.45, 7) is 7.72. The summed E-state index contributed by atoms with van der Waals surface area (Å²) in [4.78, 5) is 24.2. The van der Waals surface area contributed by atoms with E-state index in [1.165, 1.54) is 6.07 Å². The molecule has 1 amide bonds. The van der Waals surface area contributed by atoms with Crippen molar-refractivity contribution in [2.24, 2.45) is 0 Å². The summed E-state index contributed by atoms with van der Waals surface area (Å²) in [5.41, 5.74) is -1.46. The predicted octanol–water partition coefficient (Wildman–Crippen LogP) is 3.43. The van der Waals surface area contributed by atoms with E-state index in [2.05, 4.69) is 5.32 Å². The highest BCUT2D eigenvalue weighted by atomic mass is 19.4. The summed E-state index contributed by atoms with van der Waals surface area (Å²) in [6.07, 6.45) is -4.85. The molecule has 1 aliphatic heterocycles. The second-order valence-corrected chi connectivity index (χ2v) is 8.94. The van der Waals surface area contributed by atoms with Gasteiger partial charge < -0.3 is 19.7 Å². The highest BCUT2D eigenvalue weighted by molar-refractivity contribution is 6.62. The van der Waals surface area contributed by atoms with E-state index in [9.17, 15) is 27.9 Å². The minimum atomic E-state index is -4.74. The van der Waals surface area contributed by atoms with Crippen LogP contribution >= 0.6 is 0 Å². The molecule has 1 atom stereocenters. The van der Waals surface area contributed by atoms with E-state index in [0.717, 1.165) is 23.7 Å². The molecule has 0 saturated carbocycles. The molecule has 0 aromatic heterocycles. The Kier molecular flexibility index (Phi) is 6.63. The molecule has 1 aliphatic rings. The molecule has 1 saturated heterocycles. The number of amides is 1. The van der Waals surface area contributed by atoms with E-state index < -0.39 is 53.5 Å². The molecule has 2 aromatic rings. The molecule has 0 unspecified atom stereocenters. The van der Waals surface area contributed by atoms with Crippen molar-refractivity contribution >= 4 is 24.5 Å². The number of halogens is 3. The van der Waals surface area contributed by atoms with Crippen molar-refractivity contribution in [2.75, 3.05) is 0 Å². The quantitative estimate of drug-likeness (QED) is 0.642. The number of hydrogen-bond acceptors (Lipinski definition) is 4. The van der Waals surface area contributed by atoms with Crippen LogP contribution in [0.25, 0.3) is 0 Å². The van der Waals surface area contributed by atoms with E-state index in [4.69, 9.17) is 9.31 Å². The van der Waals surface area contributed by atoms with Gasteiger partial charge >= 0.3 is 19.3 Å². The largest absolute Gasteiger partial charge is 0.494 e. The van der Waals surface area contributed by atoms with E-state index in [1.54, 1.807) is 24.3 Å². The third-order valence-electron chi connectivity index (χ3n) is 6.03. The van der Waals surface area contributed by atoms with Gasteiger partial charge in [0.1, 0.15) is 6.04 Å². The van der Waals surface area contributed by atoms with Crippen molar-refractivity contribution in [3.8, 4) is 0 Å². The number of carboxylic acid groups (broad SMARTS) is 1. The fourth-order valence-electron chi connectivity index (χ4n) is 3.39. The summed E-state index contributed by atoms with van der Waals surface area (Å²) in [7, 11) is -0.585. The minimum absolute atomic E-state index is 0.112. The van der Waals surface area contributed by atoms with Crippen LogP contribution < -0.4 is 10.8 Å². The molecule has 10 heteroatoms. The van der Waals surface area contributed by atoms with Gasteiger partial charge in [-0.05, 0) is 50.9 Å². The van der Waals surface area contributed by atoms with Crippen LogP contribution in [0.4, 0.5) is 13.2 Å². The summed E-state index contributed by atoms with van der Waals surface area (Å²) in [5.74, 6) is -2.47. The maximum Gasteiger partial charge on any atom is 0.494 e. The second kappa shape index (κ2) is 8.83. The summed E-state index contributed by atoms with van der Waals surface area (Å²) in [5, 5.41) is 11.7. The molecule has 6 nitrogen and oxygen atoms in total. The van der Waals surface area contributed by atoms with Crippen molar-refractivity contribution in [2.45, 2.75) is 57.5 Å². The van der Waals surface area contributed by atoms with Crippen LogP contribution in [-0.4, -0.2) is 41.3 Å². The molecule has 3 rings (SSSR count). The van der Waals surface area contributed by atoms with Crippen molar-refractivity contribution in [3.63, 3.8) is 0 Å². The van der Waals surface area contributed by atoms with Crippen LogP contribution in [-0.2, 0) is 26.7 Å². The first-order valence-electron chi connectivity index (χ1n) is 10.4. The van der Waals surface area contributed by atoms with E-state index in [-0.39, 0.29) is 6.42 Å². The van der Waals surface area contributed by atoms with Gasteiger partial charge in [-0.3, -0.25) is 4.79 Å². The first kappa shape index (κ1) is 24.8. The van der Waals surface area contributed by atoms with Crippen LogP contribution in [0.15, 0.2) is 48.5 Å². The first-order chi connectivity index (χ1) is 15.2. The Morgan fingerprint density at radius 1 is 1.00 bits per heavy atom. The molecule has 0 radical (unpaired) electrons. The molecule has 2 N–H and O–H groups in total. The number of carbonyl (C=O) groups is 2. The van der Waals surface area contributed by atoms with Gasteiger partial charge in [0.15, 0.2) is 0 Å². The lowest BCUT2D eigenvalue weighted by molar-refractivity contribution is -0.139. The molecular weight excluding hydrogens is 438 g/mol. The van der Waals surface area contributed by atoms with Crippen molar-refractivity contribution in [1.82, 2.24) is 5.32 Å². The van der Waals surface area contributed by atoms with Crippen molar-refractivity contribution in [3.05, 3.63) is 65.2 Å². The monoisotopic (exact) mass is 463 g/mol. The summed E-state index contributed by atoms with van der Waals surface area (Å²) < 4.78 is 51.6. The molecule has 1 heterocycles. The minimum Gasteiger partial charge on any atom is -0.480 e. The summed E-state index contributed by atoms with van der Waals surface area (Å²) >= 11 is 0. The topological polar surface area (TPSA) is 84.9 Å². The molecule has 0 aliphatic carbocycles.